The molecule has 9 nitrogen and oxygen atoms in total. The van der Waals surface area contributed by atoms with Crippen LogP contribution >= 0.6 is 11.6 Å². The number of carboxylic acids is 2. The molecule has 0 aliphatic rings. The Labute approximate surface area is 162 Å². The van der Waals surface area contributed by atoms with Gasteiger partial charge in [0.15, 0.2) is 0 Å². The largest absolute Gasteiger partial charge is 0.481 e. The summed E-state index contributed by atoms with van der Waals surface area (Å²) in [6, 6.07) is 8.20. The highest BCUT2D eigenvalue weighted by molar-refractivity contribution is 6.61. The summed E-state index contributed by atoms with van der Waals surface area (Å²) in [7, 11) is 0. The summed E-state index contributed by atoms with van der Waals surface area (Å²) in [4.78, 5) is 30.0. The van der Waals surface area contributed by atoms with Crippen molar-refractivity contribution in [3.8, 4) is 0 Å². The zero-order valence-electron chi connectivity index (χ0n) is 15.3. The van der Waals surface area contributed by atoms with Crippen molar-refractivity contribution >= 4 is 29.0 Å². The first-order chi connectivity index (χ1) is 12.4. The fourth-order valence-corrected chi connectivity index (χ4v) is 1.18. The molecule has 10 heteroatoms. The Kier molecular flexibility index (Phi) is 14.9. The molecule has 1 aromatic rings. The maximum atomic E-state index is 10.2. The Hall–Kier alpha value is -2.20. The van der Waals surface area contributed by atoms with Gasteiger partial charge in [-0.1, -0.05) is 30.3 Å². The predicted octanol–water partition coefficient (Wildman–Crippen LogP) is 1.43. The van der Waals surface area contributed by atoms with Gasteiger partial charge >= 0.3 is 17.4 Å². The van der Waals surface area contributed by atoms with Crippen LogP contribution in [-0.4, -0.2) is 56.0 Å². The van der Waals surface area contributed by atoms with Gasteiger partial charge < -0.3 is 30.9 Å². The van der Waals surface area contributed by atoms with E-state index in [1.807, 2.05) is 30.3 Å². The number of rotatable bonds is 6. The van der Waals surface area contributed by atoms with Crippen molar-refractivity contribution in [1.82, 2.24) is 0 Å². The summed E-state index contributed by atoms with van der Waals surface area (Å²) in [6.45, 7) is 4.49. The molecule has 0 unspecified atom stereocenters. The highest BCUT2D eigenvalue weighted by Gasteiger charge is 2.16. The third-order valence-electron chi connectivity index (χ3n) is 3.11. The monoisotopic (exact) mass is 407 g/mol. The molecule has 0 heterocycles. The number of benzene rings is 1. The summed E-state index contributed by atoms with van der Waals surface area (Å²) < 4.78 is 4.55. The first kappa shape index (κ1) is 27.0. The standard InChI is InChI=1S/C8H7ClO2.C5H10O3.C4H9NO3/c9-8(10)11-6-7-4-2-1-3-5-7;1-3(4(2)6)5(7)8;1-2(6)3(5)4(7)8/h1-5H,6H2;3-4,6H,1-2H3,(H,7,8);2-3,6H,5H2,1H3,(H,7,8)/t;3-,4+;2-,3+/m.01/s1. The van der Waals surface area contributed by atoms with Gasteiger partial charge in [-0.05, 0) is 26.3 Å². The Morgan fingerprint density at radius 2 is 1.48 bits per heavy atom. The molecule has 4 atom stereocenters. The SMILES string of the molecule is C[C@@H](O)[C@H](N)C(=O)O.C[C@H](C(=O)O)[C@@H](C)O.O=C(Cl)OCc1ccccc1. The summed E-state index contributed by atoms with van der Waals surface area (Å²) >= 11 is 4.97. The van der Waals surface area contributed by atoms with Crippen LogP contribution in [0.25, 0.3) is 0 Å². The minimum absolute atomic E-state index is 0.239. The van der Waals surface area contributed by atoms with Gasteiger partial charge in [0, 0.05) is 11.6 Å². The maximum Gasteiger partial charge on any atom is 0.404 e. The second kappa shape index (κ2) is 14.9. The third kappa shape index (κ3) is 15.7. The molecule has 0 aliphatic heterocycles. The van der Waals surface area contributed by atoms with Crippen LogP contribution in [0.3, 0.4) is 0 Å². The molecule has 6 N–H and O–H groups in total. The van der Waals surface area contributed by atoms with Gasteiger partial charge in [0.2, 0.25) is 0 Å². The number of halogens is 1. The molecule has 1 aromatic carbocycles. The van der Waals surface area contributed by atoms with Crippen LogP contribution in [0.1, 0.15) is 26.3 Å². The van der Waals surface area contributed by atoms with Gasteiger partial charge in [0.25, 0.3) is 0 Å². The highest BCUT2D eigenvalue weighted by atomic mass is 35.5. The molecule has 0 bridgehead atoms. The molecule has 0 radical (unpaired) electrons. The predicted molar refractivity (Wildman–Crippen MR) is 98.3 cm³/mol. The summed E-state index contributed by atoms with van der Waals surface area (Å²) in [5.74, 6) is -2.80. The minimum atomic E-state index is -1.18. The van der Waals surface area contributed by atoms with E-state index < -0.39 is 41.5 Å². The van der Waals surface area contributed by atoms with E-state index in [0.717, 1.165) is 5.56 Å². The van der Waals surface area contributed by atoms with Crippen LogP contribution in [0, 0.1) is 5.92 Å². The van der Waals surface area contributed by atoms with E-state index >= 15 is 0 Å². The number of ether oxygens (including phenoxy) is 1. The first-order valence-corrected chi connectivity index (χ1v) is 8.21. The molecule has 154 valence electrons. The topological polar surface area (TPSA) is 167 Å². The smallest absolute Gasteiger partial charge is 0.404 e. The Morgan fingerprint density at radius 3 is 1.70 bits per heavy atom. The number of aliphatic hydroxyl groups is 2. The van der Waals surface area contributed by atoms with Gasteiger partial charge in [-0.3, -0.25) is 9.59 Å². The lowest BCUT2D eigenvalue weighted by Crippen LogP contribution is -2.39. The second-order valence-electron chi connectivity index (χ2n) is 5.48. The number of carbonyl (C=O) groups is 3. The average Bonchev–Trinajstić information content (AvgIpc) is 2.60. The van der Waals surface area contributed by atoms with Crippen LogP contribution in [0.2, 0.25) is 0 Å². The van der Waals surface area contributed by atoms with Crippen molar-refractivity contribution in [2.45, 2.75) is 45.6 Å². The number of aliphatic hydroxyl groups excluding tert-OH is 2. The summed E-state index contributed by atoms with van der Waals surface area (Å²) in [6.07, 6.45) is -1.74. The molecule has 0 saturated heterocycles. The van der Waals surface area contributed by atoms with Crippen molar-refractivity contribution in [1.29, 1.82) is 0 Å². The molecule has 0 aliphatic carbocycles. The molecule has 0 aromatic heterocycles. The lowest BCUT2D eigenvalue weighted by molar-refractivity contribution is -0.144. The molecule has 27 heavy (non-hydrogen) atoms. The van der Waals surface area contributed by atoms with Crippen molar-refractivity contribution in [3.63, 3.8) is 0 Å². The van der Waals surface area contributed by atoms with E-state index in [2.05, 4.69) is 4.74 Å². The Balaban J connectivity index is 0. The van der Waals surface area contributed by atoms with Crippen LogP contribution in [0.15, 0.2) is 30.3 Å². The molecular weight excluding hydrogens is 382 g/mol. The van der Waals surface area contributed by atoms with E-state index in [1.54, 1.807) is 0 Å². The first-order valence-electron chi connectivity index (χ1n) is 7.83. The molecule has 1 rings (SSSR count). The van der Waals surface area contributed by atoms with Crippen molar-refractivity contribution < 1.29 is 39.5 Å². The zero-order chi connectivity index (χ0) is 21.6. The molecule has 0 fully saturated rings. The van der Waals surface area contributed by atoms with Crippen LogP contribution in [-0.2, 0) is 20.9 Å². The zero-order valence-corrected chi connectivity index (χ0v) is 16.0. The number of hydrogen-bond acceptors (Lipinski definition) is 7. The van der Waals surface area contributed by atoms with Gasteiger partial charge in [0.1, 0.15) is 12.6 Å². The fraction of sp³-hybridized carbons (Fsp3) is 0.471. The van der Waals surface area contributed by atoms with Crippen molar-refractivity contribution in [2.24, 2.45) is 11.7 Å². The molecule has 0 saturated carbocycles. The number of carbonyl (C=O) groups excluding carboxylic acids is 1. The van der Waals surface area contributed by atoms with Gasteiger partial charge in [-0.2, -0.15) is 0 Å². The Morgan fingerprint density at radius 1 is 1.00 bits per heavy atom. The van der Waals surface area contributed by atoms with Gasteiger partial charge in [0.05, 0.1) is 18.1 Å². The van der Waals surface area contributed by atoms with Crippen LogP contribution in [0.5, 0.6) is 0 Å². The molecule has 0 spiro atoms. The maximum absolute atomic E-state index is 10.2. The number of nitrogens with two attached hydrogens (primary N) is 1. The van der Waals surface area contributed by atoms with E-state index in [9.17, 15) is 14.4 Å². The van der Waals surface area contributed by atoms with Crippen molar-refractivity contribution in [3.05, 3.63) is 35.9 Å². The average molecular weight is 408 g/mol. The van der Waals surface area contributed by atoms with Crippen LogP contribution < -0.4 is 5.73 Å². The summed E-state index contributed by atoms with van der Waals surface area (Å²) in [5.41, 5.74) is 5.07. The minimum Gasteiger partial charge on any atom is -0.481 e. The highest BCUT2D eigenvalue weighted by Crippen LogP contribution is 2.01. The van der Waals surface area contributed by atoms with Crippen molar-refractivity contribution in [2.75, 3.05) is 0 Å². The molecule has 0 amide bonds. The third-order valence-corrected chi connectivity index (χ3v) is 3.22. The number of aliphatic carboxylic acids is 2. The van der Waals surface area contributed by atoms with E-state index in [0.29, 0.717) is 0 Å². The quantitative estimate of drug-likeness (QED) is 0.438. The van der Waals surface area contributed by atoms with E-state index in [-0.39, 0.29) is 6.61 Å². The fourth-order valence-electron chi connectivity index (χ4n) is 1.13. The van der Waals surface area contributed by atoms with E-state index in [1.165, 1.54) is 20.8 Å². The van der Waals surface area contributed by atoms with Gasteiger partial charge in [-0.25, -0.2) is 4.79 Å². The van der Waals surface area contributed by atoms with Gasteiger partial charge in [-0.15, -0.1) is 0 Å². The van der Waals surface area contributed by atoms with Crippen LogP contribution in [0.4, 0.5) is 4.79 Å². The summed E-state index contributed by atoms with van der Waals surface area (Å²) in [5, 5.41) is 33.4. The molecular formula is C17H26ClNO8. The lowest BCUT2D eigenvalue weighted by atomic mass is 10.1. The Bertz CT molecular complexity index is 541. The number of carboxylic acid groups (broad SMARTS) is 2. The lowest BCUT2D eigenvalue weighted by Gasteiger charge is -2.06. The normalized spacial score (nSPS) is 14.0. The second-order valence-corrected chi connectivity index (χ2v) is 5.79. The number of hydrogen-bond donors (Lipinski definition) is 5. The van der Waals surface area contributed by atoms with E-state index in [4.69, 9.17) is 37.8 Å².